The highest BCUT2D eigenvalue weighted by Crippen LogP contribution is 2.52. The molecule has 2 nitrogen and oxygen atoms in total. The molecule has 500 valence electrons. The number of nitrogens with zero attached hydrogens (tertiary/aromatic N) is 2. The predicted octanol–water partition coefficient (Wildman–Crippen LogP) is 25.9. The lowest BCUT2D eigenvalue weighted by Crippen LogP contribution is -2.75. The summed E-state index contributed by atoms with van der Waals surface area (Å²) in [7, 11) is -3.65. The van der Waals surface area contributed by atoms with Crippen LogP contribution in [0.4, 0.5) is 34.1 Å². The summed E-state index contributed by atoms with van der Waals surface area (Å²) in [6.45, 7) is 0. The van der Waals surface area contributed by atoms with Crippen LogP contribution >= 0.6 is 0 Å². The van der Waals surface area contributed by atoms with Crippen LogP contribution in [0.25, 0.3) is 131 Å². The van der Waals surface area contributed by atoms with E-state index in [0.717, 1.165) is 34.1 Å². The topological polar surface area (TPSA) is 6.48 Å². The summed E-state index contributed by atoms with van der Waals surface area (Å²) in [5.74, 6) is 0. The third-order valence-electron chi connectivity index (χ3n) is 22.3. The quantitative estimate of drug-likeness (QED) is 0.0608. The zero-order chi connectivity index (χ0) is 70.8. The Kier molecular flexibility index (Phi) is 15.6. The number of fused-ring (bicyclic) bond motifs is 8. The van der Waals surface area contributed by atoms with Gasteiger partial charge in [-0.05, 0) is 224 Å². The molecule has 3 heteroatoms. The highest BCUT2D eigenvalue weighted by molar-refractivity contribution is 7.23. The molecule has 0 aliphatic rings. The molecule has 0 atom stereocenters. The van der Waals surface area contributed by atoms with E-state index in [4.69, 9.17) is 0 Å². The van der Waals surface area contributed by atoms with Crippen LogP contribution in [0.15, 0.2) is 425 Å². The highest BCUT2D eigenvalue weighted by atomic mass is 28.3. The van der Waals surface area contributed by atoms with E-state index in [2.05, 4.69) is 434 Å². The van der Waals surface area contributed by atoms with Gasteiger partial charge in [0, 0.05) is 34.1 Å². The smallest absolute Gasteiger partial charge is 0.182 e. The lowest BCUT2D eigenvalue weighted by atomic mass is 9.83. The molecule has 0 saturated carbocycles. The monoisotopic (exact) mass is 1370 g/mol. The third kappa shape index (κ3) is 10.3. The number of anilines is 6. The van der Waals surface area contributed by atoms with Crippen molar-refractivity contribution in [2.75, 3.05) is 9.80 Å². The Morgan fingerprint density at radius 3 is 0.505 bits per heavy atom. The molecule has 0 fully saturated rings. The first-order chi connectivity index (χ1) is 53.2. The first kappa shape index (κ1) is 63.0. The number of para-hydroxylation sites is 4. The minimum Gasteiger partial charge on any atom is -0.311 e. The normalized spacial score (nSPS) is 11.7. The molecule has 0 saturated heterocycles. The Morgan fingerprint density at radius 1 is 0.131 bits per heavy atom. The molecule has 20 rings (SSSR count). The van der Waals surface area contributed by atoms with Crippen LogP contribution in [0.2, 0.25) is 0 Å². The van der Waals surface area contributed by atoms with E-state index < -0.39 is 8.07 Å². The summed E-state index contributed by atoms with van der Waals surface area (Å²) in [6.07, 6.45) is 0. The van der Waals surface area contributed by atoms with Gasteiger partial charge in [-0.2, -0.15) is 0 Å². The second-order valence-corrected chi connectivity index (χ2v) is 31.6. The predicted molar refractivity (Wildman–Crippen MR) is 461 cm³/mol. The molecule has 0 aromatic heterocycles. The minimum atomic E-state index is -3.65. The molecular weight excluding hydrogens is 1310 g/mol. The standard InChI is InChI=1S/C104H70N2Si/c1-7-35-73(36-8-1)105(74-37-9-2-10-38-74)77-67-63-71(64-68-77)97-81-47-19-23-51-85(81)99(86-52-24-20-48-82(86)97)101-89-55-27-31-59-93(89)103(94-60-32-28-56-90(94)101)107(79-43-15-5-16-44-79,80-45-17-6-18-46-80)104-95-61-33-29-57-91(95)102(92-58-30-34-62-96(92)104)100-87-53-25-21-49-83(87)98(84-50-22-26-54-88(84)100)72-65-69-78(70-66-72)106(75-39-11-3-12-40-75)76-41-13-4-14-42-76/h1-70H. The van der Waals surface area contributed by atoms with Crippen LogP contribution in [-0.2, 0) is 0 Å². The molecule has 0 spiro atoms. The molecule has 0 unspecified atom stereocenters. The Balaban J connectivity index is 0.836. The summed E-state index contributed by atoms with van der Waals surface area (Å²) in [6, 6.07) is 159. The van der Waals surface area contributed by atoms with Crippen molar-refractivity contribution in [3.63, 3.8) is 0 Å². The van der Waals surface area contributed by atoms with Crippen LogP contribution in [0.3, 0.4) is 0 Å². The molecule has 107 heavy (non-hydrogen) atoms. The molecular formula is C104H70N2Si. The Hall–Kier alpha value is -13.7. The van der Waals surface area contributed by atoms with Crippen molar-refractivity contribution in [2.24, 2.45) is 0 Å². The Bertz CT molecular complexity index is 6050. The van der Waals surface area contributed by atoms with Crippen molar-refractivity contribution in [1.29, 1.82) is 0 Å². The molecule has 20 aromatic carbocycles. The molecule has 0 bridgehead atoms. The van der Waals surface area contributed by atoms with Crippen LogP contribution in [-0.4, -0.2) is 8.07 Å². The number of benzene rings is 20. The van der Waals surface area contributed by atoms with Gasteiger partial charge in [0.05, 0.1) is 0 Å². The van der Waals surface area contributed by atoms with Gasteiger partial charge in [0.2, 0.25) is 0 Å². The van der Waals surface area contributed by atoms with E-state index in [0.29, 0.717) is 0 Å². The van der Waals surface area contributed by atoms with Gasteiger partial charge < -0.3 is 9.80 Å². The summed E-state index contributed by atoms with van der Waals surface area (Å²) >= 11 is 0. The average molecular weight is 1380 g/mol. The van der Waals surface area contributed by atoms with Gasteiger partial charge in [-0.25, -0.2) is 0 Å². The van der Waals surface area contributed by atoms with Gasteiger partial charge >= 0.3 is 0 Å². The summed E-state index contributed by atoms with van der Waals surface area (Å²) < 4.78 is 0. The first-order valence-electron chi connectivity index (χ1n) is 37.1. The fraction of sp³-hybridized carbons (Fsp3) is 0. The largest absolute Gasteiger partial charge is 0.311 e. The van der Waals surface area contributed by atoms with Crippen molar-refractivity contribution in [3.05, 3.63) is 425 Å². The Labute approximate surface area is 623 Å². The Morgan fingerprint density at radius 2 is 0.290 bits per heavy atom. The van der Waals surface area contributed by atoms with Gasteiger partial charge in [-0.15, -0.1) is 0 Å². The zero-order valence-electron chi connectivity index (χ0n) is 58.8. The number of rotatable bonds is 14. The van der Waals surface area contributed by atoms with Gasteiger partial charge in [0.15, 0.2) is 8.07 Å². The molecule has 0 amide bonds. The SMILES string of the molecule is c1ccc(N(c2ccccc2)c2ccc(-c3c4ccccc4c(-c4c5ccccc5c([Si](c5ccccc5)(c5ccccc5)c5c6ccccc6c(-c6c7ccccc7c(-c7ccc(N(c8ccccc8)c8ccccc8)cc7)c7ccccc67)c6ccccc56)c5ccccc45)c4ccccc34)cc2)cc1. The second kappa shape index (κ2) is 26.5. The third-order valence-corrected chi connectivity index (χ3v) is 27.3. The van der Waals surface area contributed by atoms with Gasteiger partial charge in [-0.1, -0.05) is 352 Å². The van der Waals surface area contributed by atoms with E-state index in [1.807, 2.05) is 0 Å². The molecule has 20 aromatic rings. The fourth-order valence-corrected chi connectivity index (χ4v) is 23.6. The first-order valence-corrected chi connectivity index (χ1v) is 39.1. The van der Waals surface area contributed by atoms with Crippen molar-refractivity contribution in [3.8, 4) is 44.5 Å². The minimum absolute atomic E-state index is 1.10. The molecule has 0 heterocycles. The summed E-state index contributed by atoms with van der Waals surface area (Å²) in [4.78, 5) is 4.68. The average Bonchev–Trinajstić information content (AvgIpc) is 0.690. The van der Waals surface area contributed by atoms with E-state index >= 15 is 0 Å². The highest BCUT2D eigenvalue weighted by Gasteiger charge is 2.47. The maximum Gasteiger partial charge on any atom is 0.182 e. The molecule has 0 N–H and O–H groups in total. The van der Waals surface area contributed by atoms with Crippen LogP contribution < -0.4 is 30.5 Å². The molecule has 0 radical (unpaired) electrons. The molecule has 0 aliphatic heterocycles. The molecule has 0 aliphatic carbocycles. The van der Waals surface area contributed by atoms with Crippen LogP contribution in [0.5, 0.6) is 0 Å². The number of hydrogen-bond donors (Lipinski definition) is 0. The van der Waals surface area contributed by atoms with Crippen molar-refractivity contribution in [1.82, 2.24) is 0 Å². The zero-order valence-corrected chi connectivity index (χ0v) is 59.8. The van der Waals surface area contributed by atoms with Crippen LogP contribution in [0.1, 0.15) is 0 Å². The van der Waals surface area contributed by atoms with Gasteiger partial charge in [0.25, 0.3) is 0 Å². The van der Waals surface area contributed by atoms with E-state index in [1.165, 1.54) is 151 Å². The summed E-state index contributed by atoms with van der Waals surface area (Å²) in [5, 5.41) is 25.0. The van der Waals surface area contributed by atoms with E-state index in [9.17, 15) is 0 Å². The lowest BCUT2D eigenvalue weighted by molar-refractivity contribution is 1.28. The van der Waals surface area contributed by atoms with E-state index in [1.54, 1.807) is 0 Å². The fourth-order valence-electron chi connectivity index (χ4n) is 18.0. The second-order valence-electron chi connectivity index (χ2n) is 28.0. The van der Waals surface area contributed by atoms with Crippen molar-refractivity contribution < 1.29 is 0 Å². The maximum atomic E-state index is 2.46. The van der Waals surface area contributed by atoms with Crippen molar-refractivity contribution >= 4 is 149 Å². The lowest BCUT2D eigenvalue weighted by Gasteiger charge is -2.39. The maximum absolute atomic E-state index is 3.65. The van der Waals surface area contributed by atoms with Crippen LogP contribution in [0, 0.1) is 0 Å². The van der Waals surface area contributed by atoms with Gasteiger partial charge in [-0.3, -0.25) is 0 Å². The van der Waals surface area contributed by atoms with Gasteiger partial charge in [0.1, 0.15) is 0 Å². The number of hydrogen-bond acceptors (Lipinski definition) is 2. The summed E-state index contributed by atoms with van der Waals surface area (Å²) in [5.41, 5.74) is 16.4. The van der Waals surface area contributed by atoms with Crippen molar-refractivity contribution in [2.45, 2.75) is 0 Å². The van der Waals surface area contributed by atoms with E-state index in [-0.39, 0.29) is 0 Å².